The summed E-state index contributed by atoms with van der Waals surface area (Å²) in [6.45, 7) is 8.10. The lowest BCUT2D eigenvalue weighted by molar-refractivity contribution is 0.127. The quantitative estimate of drug-likeness (QED) is 0.878. The number of aliphatic hydroxyl groups excluding tert-OH is 1. The highest BCUT2D eigenvalue weighted by molar-refractivity contribution is 5.74. The summed E-state index contributed by atoms with van der Waals surface area (Å²) in [5.41, 5.74) is 1.22. The Labute approximate surface area is 133 Å². The summed E-state index contributed by atoms with van der Waals surface area (Å²) in [4.78, 5) is 14.2. The first-order chi connectivity index (χ1) is 10.4. The number of urea groups is 1. The lowest BCUT2D eigenvalue weighted by Gasteiger charge is -2.28. The first-order valence-electron chi connectivity index (χ1n) is 8.13. The molecule has 2 atom stereocenters. The number of aliphatic hydroxyl groups is 1. The molecule has 4 heteroatoms. The second-order valence-corrected chi connectivity index (χ2v) is 7.22. The highest BCUT2D eigenvalue weighted by Gasteiger charge is 2.28. The van der Waals surface area contributed by atoms with Crippen molar-refractivity contribution >= 4 is 6.03 Å². The van der Waals surface area contributed by atoms with E-state index in [-0.39, 0.29) is 17.6 Å². The van der Waals surface area contributed by atoms with Crippen molar-refractivity contribution in [3.8, 4) is 0 Å². The summed E-state index contributed by atoms with van der Waals surface area (Å²) in [6.07, 6.45) is 1.36. The van der Waals surface area contributed by atoms with Crippen molar-refractivity contribution in [2.75, 3.05) is 19.6 Å². The molecule has 1 heterocycles. The fraction of sp³-hybridized carbons (Fsp3) is 0.611. The van der Waals surface area contributed by atoms with Gasteiger partial charge in [0.1, 0.15) is 0 Å². The molecule has 2 unspecified atom stereocenters. The summed E-state index contributed by atoms with van der Waals surface area (Å²) in [5, 5.41) is 12.5. The van der Waals surface area contributed by atoms with Gasteiger partial charge in [0.2, 0.25) is 0 Å². The van der Waals surface area contributed by atoms with E-state index in [1.54, 1.807) is 6.92 Å². The number of nitrogens with one attached hydrogen (secondary N) is 1. The number of nitrogens with zero attached hydrogens (tertiary/aromatic N) is 1. The van der Waals surface area contributed by atoms with E-state index >= 15 is 0 Å². The molecule has 0 spiro atoms. The molecule has 1 saturated heterocycles. The van der Waals surface area contributed by atoms with Crippen LogP contribution in [-0.2, 0) is 0 Å². The standard InChI is InChI=1S/C18H28N2O2/c1-14(21)11-18(2,3)13-19-17(22)20-10-9-16(12-20)15-7-5-4-6-8-15/h4-8,14,16,21H,9-13H2,1-3H3,(H,19,22). The average Bonchev–Trinajstić information content (AvgIpc) is 2.94. The Kier molecular flexibility index (Phi) is 5.46. The van der Waals surface area contributed by atoms with Crippen molar-refractivity contribution < 1.29 is 9.90 Å². The molecule has 1 aliphatic rings. The molecule has 2 amide bonds. The third-order valence-corrected chi connectivity index (χ3v) is 4.31. The zero-order chi connectivity index (χ0) is 16.2. The molecule has 0 aromatic heterocycles. The highest BCUT2D eigenvalue weighted by Crippen LogP contribution is 2.27. The van der Waals surface area contributed by atoms with E-state index in [1.165, 1.54) is 5.56 Å². The lowest BCUT2D eigenvalue weighted by Crippen LogP contribution is -2.43. The lowest BCUT2D eigenvalue weighted by atomic mass is 9.87. The zero-order valence-corrected chi connectivity index (χ0v) is 13.9. The molecule has 4 nitrogen and oxygen atoms in total. The number of amides is 2. The van der Waals surface area contributed by atoms with Crippen LogP contribution in [0, 0.1) is 5.41 Å². The van der Waals surface area contributed by atoms with E-state index in [4.69, 9.17) is 0 Å². The van der Waals surface area contributed by atoms with Gasteiger partial charge in [-0.15, -0.1) is 0 Å². The predicted octanol–water partition coefficient (Wildman–Crippen LogP) is 2.98. The molecule has 122 valence electrons. The molecular formula is C18H28N2O2. The van der Waals surface area contributed by atoms with Gasteiger partial charge >= 0.3 is 6.03 Å². The molecule has 1 aromatic carbocycles. The maximum atomic E-state index is 12.3. The first kappa shape index (κ1) is 16.8. The van der Waals surface area contributed by atoms with Crippen LogP contribution >= 0.6 is 0 Å². The molecule has 2 rings (SSSR count). The van der Waals surface area contributed by atoms with Crippen LogP contribution in [0.1, 0.15) is 45.1 Å². The number of hydrogen-bond donors (Lipinski definition) is 2. The topological polar surface area (TPSA) is 52.6 Å². The van der Waals surface area contributed by atoms with Crippen LogP contribution in [0.5, 0.6) is 0 Å². The molecule has 1 aromatic rings. The smallest absolute Gasteiger partial charge is 0.317 e. The number of carbonyl (C=O) groups excluding carboxylic acids is 1. The van der Waals surface area contributed by atoms with Gasteiger partial charge in [0, 0.05) is 25.6 Å². The highest BCUT2D eigenvalue weighted by atomic mass is 16.3. The minimum absolute atomic E-state index is 0.0112. The zero-order valence-electron chi connectivity index (χ0n) is 13.9. The van der Waals surface area contributed by atoms with Crippen LogP contribution in [0.3, 0.4) is 0 Å². The number of carbonyl (C=O) groups is 1. The summed E-state index contributed by atoms with van der Waals surface area (Å²) >= 11 is 0. The van der Waals surface area contributed by atoms with Gasteiger partial charge < -0.3 is 15.3 Å². The second kappa shape index (κ2) is 7.14. The molecular weight excluding hydrogens is 276 g/mol. The Morgan fingerprint density at radius 2 is 2.09 bits per heavy atom. The Morgan fingerprint density at radius 1 is 1.41 bits per heavy atom. The van der Waals surface area contributed by atoms with Gasteiger partial charge in [-0.1, -0.05) is 44.2 Å². The molecule has 0 saturated carbocycles. The van der Waals surface area contributed by atoms with E-state index in [2.05, 4.69) is 43.4 Å². The number of rotatable bonds is 5. The van der Waals surface area contributed by atoms with Crippen molar-refractivity contribution in [2.45, 2.75) is 45.6 Å². The Hall–Kier alpha value is -1.55. The molecule has 0 bridgehead atoms. The first-order valence-corrected chi connectivity index (χ1v) is 8.13. The third kappa shape index (κ3) is 4.73. The molecule has 2 N–H and O–H groups in total. The summed E-state index contributed by atoms with van der Waals surface area (Å²) < 4.78 is 0. The fourth-order valence-corrected chi connectivity index (χ4v) is 3.24. The Bertz CT molecular complexity index is 485. The number of benzene rings is 1. The van der Waals surface area contributed by atoms with Gasteiger partial charge in [0.15, 0.2) is 0 Å². The van der Waals surface area contributed by atoms with Crippen LogP contribution in [-0.4, -0.2) is 41.8 Å². The van der Waals surface area contributed by atoms with E-state index in [0.717, 1.165) is 19.5 Å². The molecule has 22 heavy (non-hydrogen) atoms. The number of hydrogen-bond acceptors (Lipinski definition) is 2. The maximum absolute atomic E-state index is 12.3. The predicted molar refractivity (Wildman–Crippen MR) is 88.9 cm³/mol. The van der Waals surface area contributed by atoms with Crippen LogP contribution in [0.2, 0.25) is 0 Å². The Morgan fingerprint density at radius 3 is 2.73 bits per heavy atom. The minimum atomic E-state index is -0.346. The molecule has 1 aliphatic heterocycles. The summed E-state index contributed by atoms with van der Waals surface area (Å²) in [5.74, 6) is 0.442. The molecule has 1 fully saturated rings. The van der Waals surface area contributed by atoms with Crippen molar-refractivity contribution in [2.24, 2.45) is 5.41 Å². The average molecular weight is 304 g/mol. The molecule has 0 radical (unpaired) electrons. The van der Waals surface area contributed by atoms with Crippen molar-refractivity contribution in [3.63, 3.8) is 0 Å². The van der Waals surface area contributed by atoms with Gasteiger partial charge in [-0.3, -0.25) is 0 Å². The van der Waals surface area contributed by atoms with Gasteiger partial charge in [-0.25, -0.2) is 4.79 Å². The van der Waals surface area contributed by atoms with Gasteiger partial charge in [-0.05, 0) is 30.7 Å². The van der Waals surface area contributed by atoms with Crippen LogP contribution in [0.25, 0.3) is 0 Å². The molecule has 0 aliphatic carbocycles. The largest absolute Gasteiger partial charge is 0.393 e. The van der Waals surface area contributed by atoms with Crippen molar-refractivity contribution in [3.05, 3.63) is 35.9 Å². The van der Waals surface area contributed by atoms with E-state index in [1.807, 2.05) is 11.0 Å². The fourth-order valence-electron chi connectivity index (χ4n) is 3.24. The van der Waals surface area contributed by atoms with Crippen LogP contribution in [0.4, 0.5) is 4.79 Å². The second-order valence-electron chi connectivity index (χ2n) is 7.22. The van der Waals surface area contributed by atoms with E-state index < -0.39 is 0 Å². The van der Waals surface area contributed by atoms with Crippen molar-refractivity contribution in [1.29, 1.82) is 0 Å². The summed E-state index contributed by atoms with van der Waals surface area (Å²) in [6, 6.07) is 10.4. The SMILES string of the molecule is CC(O)CC(C)(C)CNC(=O)N1CCC(c2ccccc2)C1. The maximum Gasteiger partial charge on any atom is 0.317 e. The minimum Gasteiger partial charge on any atom is -0.393 e. The Balaban J connectivity index is 1.82. The normalized spacial score (nSPS) is 20.0. The van der Waals surface area contributed by atoms with Crippen molar-refractivity contribution in [1.82, 2.24) is 10.2 Å². The van der Waals surface area contributed by atoms with E-state index in [9.17, 15) is 9.90 Å². The monoisotopic (exact) mass is 304 g/mol. The summed E-state index contributed by atoms with van der Waals surface area (Å²) in [7, 11) is 0. The van der Waals surface area contributed by atoms with Crippen LogP contribution < -0.4 is 5.32 Å². The van der Waals surface area contributed by atoms with E-state index in [0.29, 0.717) is 18.9 Å². The van der Waals surface area contributed by atoms with Crippen LogP contribution in [0.15, 0.2) is 30.3 Å². The van der Waals surface area contributed by atoms with Gasteiger partial charge in [-0.2, -0.15) is 0 Å². The van der Waals surface area contributed by atoms with Gasteiger partial charge in [0.25, 0.3) is 0 Å². The van der Waals surface area contributed by atoms with Gasteiger partial charge in [0.05, 0.1) is 6.10 Å². The third-order valence-electron chi connectivity index (χ3n) is 4.31. The number of likely N-dealkylation sites (tertiary alicyclic amines) is 1.